The number of anilines is 3. The van der Waals surface area contributed by atoms with Gasteiger partial charge in [-0.1, -0.05) is 456 Å². The number of halogens is 4. The zero-order valence-electron chi connectivity index (χ0n) is 80.9. The van der Waals surface area contributed by atoms with E-state index in [1.165, 1.54) is 149 Å². The van der Waals surface area contributed by atoms with Crippen LogP contribution in [-0.2, 0) is 54.9 Å². The number of nitrogen functional groups attached to an aromatic ring is 1. The van der Waals surface area contributed by atoms with Crippen LogP contribution in [0.15, 0.2) is 440 Å². The summed E-state index contributed by atoms with van der Waals surface area (Å²) in [5.74, 6) is 3.10. The Morgan fingerprint density at radius 3 is 1.06 bits per heavy atom. The van der Waals surface area contributed by atoms with Gasteiger partial charge < -0.3 is 11.1 Å². The first-order valence-electron chi connectivity index (χ1n) is 48.0. The predicted octanol–water partition coefficient (Wildman–Crippen LogP) is 34.9. The molecule has 6 aliphatic carbocycles. The molecule has 0 spiro atoms. The van der Waals surface area contributed by atoms with Gasteiger partial charge >= 0.3 is 0 Å². The minimum atomic E-state index is -0.106. The van der Waals surface area contributed by atoms with Gasteiger partial charge in [0.1, 0.15) is 0 Å². The first-order chi connectivity index (χ1) is 69.1. The molecule has 0 radical (unpaired) electrons. The van der Waals surface area contributed by atoms with E-state index in [1.807, 2.05) is 163 Å². The summed E-state index contributed by atoms with van der Waals surface area (Å²) >= 11 is 15.2. The van der Waals surface area contributed by atoms with Gasteiger partial charge in [-0.05, 0) is 248 Å². The second kappa shape index (κ2) is 41.9. The Hall–Kier alpha value is -14.0. The Kier molecular flexibility index (Phi) is 28.7. The second-order valence-electron chi connectivity index (χ2n) is 38.3. The van der Waals surface area contributed by atoms with Crippen molar-refractivity contribution in [3.05, 3.63) is 512 Å². The number of nitrogens with two attached hydrogens (primary N) is 1. The van der Waals surface area contributed by atoms with Crippen LogP contribution < -0.4 is 11.1 Å². The van der Waals surface area contributed by atoms with Crippen LogP contribution in [0.25, 0.3) is 140 Å². The molecule has 143 heavy (non-hydrogen) atoms. The van der Waals surface area contributed by atoms with Gasteiger partial charge in [-0.15, -0.1) is 0 Å². The summed E-state index contributed by atoms with van der Waals surface area (Å²) in [7, 11) is 0. The van der Waals surface area contributed by atoms with Crippen LogP contribution in [-0.4, -0.2) is 39.4 Å². The number of benzene rings is 18. The van der Waals surface area contributed by atoms with E-state index in [2.05, 4.69) is 408 Å². The molecule has 0 atom stereocenters. The van der Waals surface area contributed by atoms with Crippen LogP contribution in [0.3, 0.4) is 0 Å². The summed E-state index contributed by atoms with van der Waals surface area (Å²) in [6.07, 6.45) is 2.15. The van der Waals surface area contributed by atoms with Crippen LogP contribution in [0.2, 0.25) is 5.28 Å². The van der Waals surface area contributed by atoms with Crippen LogP contribution in [0.1, 0.15) is 122 Å². The summed E-state index contributed by atoms with van der Waals surface area (Å²) < 4.78 is 4.54. The summed E-state index contributed by atoms with van der Waals surface area (Å²) in [5, 5.41) is 6.08. The van der Waals surface area contributed by atoms with Gasteiger partial charge in [-0.2, -0.15) is 19.9 Å². The zero-order chi connectivity index (χ0) is 98.0. The molecule has 0 saturated heterocycles. The maximum Gasteiger partial charge on any atom is 0.238 e. The Morgan fingerprint density at radius 1 is 0.266 bits per heavy atom. The van der Waals surface area contributed by atoms with E-state index in [1.54, 1.807) is 0 Å². The Morgan fingerprint density at radius 2 is 0.594 bits per heavy atom. The van der Waals surface area contributed by atoms with Gasteiger partial charge in [-0.25, -0.2) is 9.97 Å². The van der Waals surface area contributed by atoms with E-state index in [0.29, 0.717) is 29.2 Å². The van der Waals surface area contributed by atoms with Crippen LogP contribution in [0.5, 0.6) is 0 Å². The summed E-state index contributed by atoms with van der Waals surface area (Å²) in [5.41, 5.74) is 48.3. The number of fused-ring (bicyclic) bond motifs is 21. The number of nitrogens with zero attached hydrogens (tertiary/aromatic N) is 7. The van der Waals surface area contributed by atoms with Crippen molar-refractivity contribution in [3.63, 3.8) is 0 Å². The molecule has 0 unspecified atom stereocenters. The quantitative estimate of drug-likeness (QED) is 0.0701. The third-order valence-corrected chi connectivity index (χ3v) is 29.3. The third kappa shape index (κ3) is 19.6. The van der Waals surface area contributed by atoms with Crippen LogP contribution in [0.4, 0.5) is 17.1 Å². The third-order valence-electron chi connectivity index (χ3n) is 28.2. The Balaban J connectivity index is 0.000000110. The fraction of sp³-hybridized carbons (Fsp3) is 0.116. The largest absolute Gasteiger partial charge is 0.399 e. The fourth-order valence-electron chi connectivity index (χ4n) is 21.1. The van der Waals surface area contributed by atoms with E-state index < -0.39 is 0 Å². The van der Waals surface area contributed by atoms with Gasteiger partial charge in [0.25, 0.3) is 0 Å². The molecule has 21 aromatic rings. The van der Waals surface area contributed by atoms with Crippen molar-refractivity contribution < 1.29 is 20.4 Å². The molecule has 6 aliphatic rings. The van der Waals surface area contributed by atoms with Crippen molar-refractivity contribution in [1.29, 1.82) is 0 Å². The van der Waals surface area contributed by atoms with Crippen molar-refractivity contribution in [2.75, 3.05) is 16.0 Å². The summed E-state index contributed by atoms with van der Waals surface area (Å²) in [6.45, 7) is 18.6. The molecule has 0 aliphatic heterocycles. The number of hydrogen-bond donors (Lipinski definition) is 2. The zero-order valence-corrected chi connectivity index (χ0v) is 88.6. The minimum Gasteiger partial charge on any atom is -0.399 e. The number of aromatic nitrogens is 7. The van der Waals surface area contributed by atoms with Crippen LogP contribution in [0, 0.1) is 0 Å². The van der Waals surface area contributed by atoms with Gasteiger partial charge in [0.05, 0.1) is 11.0 Å². The normalized spacial score (nSPS) is 13.2. The number of nitrogens with one attached hydrogen (secondary N) is 1. The van der Waals surface area contributed by atoms with Crippen LogP contribution >= 0.6 is 66.1 Å². The molecular formula is C129H105Br2ClIN9Pd. The molecule has 704 valence electrons. The minimum absolute atomic E-state index is 0. The van der Waals surface area contributed by atoms with Gasteiger partial charge in [-0.3, -0.25) is 4.57 Å². The maximum absolute atomic E-state index is 5.99. The molecule has 18 aromatic carbocycles. The molecule has 0 bridgehead atoms. The summed E-state index contributed by atoms with van der Waals surface area (Å²) in [6, 6.07) is 150. The van der Waals surface area contributed by atoms with Gasteiger partial charge in [0.2, 0.25) is 11.2 Å². The average molecular weight is 2210 g/mol. The monoisotopic (exact) mass is 2210 g/mol. The van der Waals surface area contributed by atoms with E-state index in [9.17, 15) is 0 Å². The van der Waals surface area contributed by atoms with E-state index in [-0.39, 0.29) is 47.4 Å². The second-order valence-corrected chi connectivity index (χ2v) is 40.5. The van der Waals surface area contributed by atoms with Crippen molar-refractivity contribution >= 4 is 105 Å². The molecule has 3 aromatic heterocycles. The van der Waals surface area contributed by atoms with Gasteiger partial charge in [0.15, 0.2) is 23.3 Å². The molecule has 3 N–H and O–H groups in total. The van der Waals surface area contributed by atoms with E-state index in [0.717, 1.165) is 67.7 Å². The molecule has 0 amide bonds. The van der Waals surface area contributed by atoms with Crippen molar-refractivity contribution in [3.8, 4) is 118 Å². The maximum atomic E-state index is 5.99. The molecule has 3 heterocycles. The number of para-hydroxylation sites is 3. The molecule has 27 rings (SSSR count). The molecular weight excluding hydrogens is 2100 g/mol. The summed E-state index contributed by atoms with van der Waals surface area (Å²) in [4.78, 5) is 29.9. The molecule has 0 fully saturated rings. The number of rotatable bonds is 7. The Bertz CT molecular complexity index is 8150. The van der Waals surface area contributed by atoms with Crippen molar-refractivity contribution in [2.45, 2.75) is 89.9 Å². The fourth-order valence-corrected chi connectivity index (χ4v) is 22.0. The van der Waals surface area contributed by atoms with E-state index >= 15 is 0 Å². The topological polar surface area (TPSA) is 120 Å². The standard InChI is InChI=1S/C36H26N4.C22H18.C21H19N.C15H13Br.C15H10ClN3.C13H9Br.C6H7N.CH3I.Pd/c1-36(2)29-19-11-9-17-25(29)27-21-28-26-18-10-12-20-31(26)40(32(28)22-30(27)36)35-38-33(23-13-5-3-6-14-23)37-34(39-35)24-15-7-4-8-16-24;1-22(2)20-10-6-5-9-17(20)19-13-18-15(12-21(19)22)11-14-7-3-4-8-16(14)18;1-21(2)19-11-7-6-10-17(19)18-13-12-16(14-20(18)21)22-15-8-4-3-5-9-15;1-15(2)13-6-4-3-5-11(13)12-8-7-10(16)9-14(12)15;16-15-18-13(11-7-3-1-4-8-11)17-14(19-15)12-9-5-2-6-10-12;14-11-5-6-13-10(8-11)7-9-3-1-2-4-12(9)13;7-6-4-2-1-3-5-6;1-2;/h3-22H,1-2H3;3-10,12-13H,11H2,1-2H3;3-14,22H,1-2H3;3-9H,1-2H3;1-10H;1-6,8H,7H2;1-5H,7H2;1H3;. The number of alkyl halides is 1. The molecule has 9 nitrogen and oxygen atoms in total. The first kappa shape index (κ1) is 97.8. The molecule has 14 heteroatoms. The SMILES string of the molecule is Brc1ccc2c(c1)Cc1ccccc1-2.CC1(C)c2ccccc2-c2cc3c(cc21)Cc1ccccc1-3.CC1(C)c2ccccc2-c2cc3c4ccccc4n(-c4nc(-c5ccccc5)nc(-c5ccccc5)n4)c3cc21.CC1(C)c2ccccc2-c2ccc(Br)cc21.CC1(C)c2ccccc2-c2ccc(Nc3ccccc3)cc21.CI.Clc1nc(-c2ccccc2)nc(-c2ccccc2)n1.Nc1ccccc1.[Pd]. The number of hydrogen-bond acceptors (Lipinski definition) is 8. The first-order valence-corrected chi connectivity index (χ1v) is 52.2. The average Bonchev–Trinajstić information content (AvgIpc) is 1.54. The van der Waals surface area contributed by atoms with Gasteiger partial charge in [0, 0.05) is 101 Å². The predicted molar refractivity (Wildman–Crippen MR) is 609 cm³/mol. The van der Waals surface area contributed by atoms with Crippen molar-refractivity contribution in [2.24, 2.45) is 0 Å². The van der Waals surface area contributed by atoms with E-state index in [4.69, 9.17) is 32.3 Å². The Labute approximate surface area is 887 Å². The van der Waals surface area contributed by atoms with Crippen molar-refractivity contribution in [1.82, 2.24) is 34.5 Å². The smallest absolute Gasteiger partial charge is 0.238 e. The molecule has 0 saturated carbocycles.